The van der Waals surface area contributed by atoms with E-state index in [4.69, 9.17) is 4.52 Å². The Labute approximate surface area is 129 Å². The molecule has 9 heteroatoms. The maximum absolute atomic E-state index is 12.8. The molecule has 120 valence electrons. The molecule has 0 radical (unpaired) electrons. The first-order valence-corrected chi connectivity index (χ1v) is 8.70. The Morgan fingerprint density at radius 3 is 2.82 bits per heavy atom. The lowest BCUT2D eigenvalue weighted by Gasteiger charge is -2.17. The summed E-state index contributed by atoms with van der Waals surface area (Å²) in [7, 11) is -3.58. The van der Waals surface area contributed by atoms with Crippen molar-refractivity contribution in [1.82, 2.24) is 24.2 Å². The molecule has 1 atom stereocenters. The van der Waals surface area contributed by atoms with Crippen molar-refractivity contribution in [3.63, 3.8) is 0 Å². The van der Waals surface area contributed by atoms with Crippen LogP contribution in [0.1, 0.15) is 36.7 Å². The number of nitrogens with zero attached hydrogens (tertiary/aromatic N) is 5. The lowest BCUT2D eigenvalue weighted by Crippen LogP contribution is -2.30. The molecule has 0 N–H and O–H groups in total. The summed E-state index contributed by atoms with van der Waals surface area (Å²) in [6.45, 7) is 6.16. The van der Waals surface area contributed by atoms with Gasteiger partial charge >= 0.3 is 0 Å². The molecule has 1 saturated heterocycles. The largest absolute Gasteiger partial charge is 0.360 e. The lowest BCUT2D eigenvalue weighted by atomic mass is 10.2. The SMILES string of the molecule is CCc1nncn1C1CCN(S(=O)(=O)c2c(C)noc2C)C1. The Hall–Kier alpha value is -1.74. The predicted octanol–water partition coefficient (Wildman–Crippen LogP) is 1.08. The van der Waals surface area contributed by atoms with Crippen molar-refractivity contribution in [2.24, 2.45) is 0 Å². The van der Waals surface area contributed by atoms with Crippen molar-refractivity contribution in [3.8, 4) is 0 Å². The summed E-state index contributed by atoms with van der Waals surface area (Å²) in [5.74, 6) is 1.21. The molecule has 0 bridgehead atoms. The second kappa shape index (κ2) is 5.47. The van der Waals surface area contributed by atoms with Crippen LogP contribution in [0.4, 0.5) is 0 Å². The van der Waals surface area contributed by atoms with Gasteiger partial charge in [-0.25, -0.2) is 8.42 Å². The minimum atomic E-state index is -3.58. The Kier molecular flexibility index (Phi) is 3.77. The molecule has 0 saturated carbocycles. The molecule has 0 aromatic carbocycles. The molecule has 1 fully saturated rings. The van der Waals surface area contributed by atoms with Crippen molar-refractivity contribution in [2.75, 3.05) is 13.1 Å². The second-order valence-corrected chi connectivity index (χ2v) is 7.34. The van der Waals surface area contributed by atoms with E-state index in [0.717, 1.165) is 18.7 Å². The molecule has 2 aromatic rings. The van der Waals surface area contributed by atoms with E-state index in [0.29, 0.717) is 24.5 Å². The van der Waals surface area contributed by atoms with Gasteiger partial charge in [0.15, 0.2) is 5.76 Å². The highest BCUT2D eigenvalue weighted by atomic mass is 32.2. The minimum Gasteiger partial charge on any atom is -0.360 e. The maximum Gasteiger partial charge on any atom is 0.248 e. The number of aromatic nitrogens is 4. The topological polar surface area (TPSA) is 94.1 Å². The molecule has 0 spiro atoms. The first-order valence-electron chi connectivity index (χ1n) is 7.26. The summed E-state index contributed by atoms with van der Waals surface area (Å²) >= 11 is 0. The summed E-state index contributed by atoms with van der Waals surface area (Å²) in [6.07, 6.45) is 3.19. The monoisotopic (exact) mass is 325 g/mol. The first kappa shape index (κ1) is 15.2. The van der Waals surface area contributed by atoms with E-state index in [-0.39, 0.29) is 10.9 Å². The van der Waals surface area contributed by atoms with Gasteiger partial charge in [0.05, 0.1) is 6.04 Å². The van der Waals surface area contributed by atoms with Crippen LogP contribution in [-0.2, 0) is 16.4 Å². The average Bonchev–Trinajstić information content (AvgIpc) is 3.17. The molecular formula is C13H19N5O3S. The second-order valence-electron chi connectivity index (χ2n) is 5.47. The van der Waals surface area contributed by atoms with Crippen LogP contribution in [0.15, 0.2) is 15.7 Å². The van der Waals surface area contributed by atoms with Crippen molar-refractivity contribution in [2.45, 2.75) is 44.6 Å². The molecule has 8 nitrogen and oxygen atoms in total. The molecule has 1 aliphatic rings. The molecule has 22 heavy (non-hydrogen) atoms. The lowest BCUT2D eigenvalue weighted by molar-refractivity contribution is 0.389. The van der Waals surface area contributed by atoms with Gasteiger partial charge in [-0.2, -0.15) is 4.31 Å². The molecule has 0 amide bonds. The van der Waals surface area contributed by atoms with E-state index in [2.05, 4.69) is 15.4 Å². The zero-order chi connectivity index (χ0) is 15.9. The Morgan fingerprint density at radius 2 is 2.18 bits per heavy atom. The van der Waals surface area contributed by atoms with Crippen LogP contribution in [-0.4, -0.2) is 45.7 Å². The predicted molar refractivity (Wildman–Crippen MR) is 77.8 cm³/mol. The van der Waals surface area contributed by atoms with E-state index in [1.54, 1.807) is 20.2 Å². The summed E-state index contributed by atoms with van der Waals surface area (Å²) in [5.41, 5.74) is 0.402. The molecule has 1 unspecified atom stereocenters. The van der Waals surface area contributed by atoms with Crippen LogP contribution in [0, 0.1) is 13.8 Å². The van der Waals surface area contributed by atoms with Gasteiger partial charge in [-0.05, 0) is 20.3 Å². The Bertz CT molecular complexity index is 760. The highest BCUT2D eigenvalue weighted by Crippen LogP contribution is 2.30. The smallest absolute Gasteiger partial charge is 0.248 e. The van der Waals surface area contributed by atoms with Crippen LogP contribution < -0.4 is 0 Å². The maximum atomic E-state index is 12.8. The average molecular weight is 325 g/mol. The van der Waals surface area contributed by atoms with Gasteiger partial charge in [0.2, 0.25) is 10.0 Å². The quantitative estimate of drug-likeness (QED) is 0.835. The van der Waals surface area contributed by atoms with Gasteiger partial charge in [0, 0.05) is 19.5 Å². The number of rotatable bonds is 4. The third-order valence-electron chi connectivity index (χ3n) is 4.05. The zero-order valence-electron chi connectivity index (χ0n) is 12.9. The highest BCUT2D eigenvalue weighted by Gasteiger charge is 2.37. The van der Waals surface area contributed by atoms with Crippen LogP contribution in [0.3, 0.4) is 0 Å². The number of sulfonamides is 1. The molecule has 3 rings (SSSR count). The molecular weight excluding hydrogens is 306 g/mol. The van der Waals surface area contributed by atoms with Crippen LogP contribution in [0.2, 0.25) is 0 Å². The van der Waals surface area contributed by atoms with Gasteiger partial charge < -0.3 is 9.09 Å². The fraction of sp³-hybridized carbons (Fsp3) is 0.615. The van der Waals surface area contributed by atoms with E-state index < -0.39 is 10.0 Å². The molecule has 2 aromatic heterocycles. The standard InChI is InChI=1S/C13H19N5O3S/c1-4-12-15-14-8-18(12)11-5-6-17(7-11)22(19,20)13-9(2)16-21-10(13)3/h8,11H,4-7H2,1-3H3. The summed E-state index contributed by atoms with van der Waals surface area (Å²) in [6, 6.07) is 0.0696. The van der Waals surface area contributed by atoms with Crippen molar-refractivity contribution in [3.05, 3.63) is 23.6 Å². The number of aryl methyl sites for hydroxylation is 3. The van der Waals surface area contributed by atoms with Gasteiger partial charge in [0.25, 0.3) is 0 Å². The number of hydrogen-bond donors (Lipinski definition) is 0. The van der Waals surface area contributed by atoms with Crippen molar-refractivity contribution >= 4 is 10.0 Å². The van der Waals surface area contributed by atoms with E-state index >= 15 is 0 Å². The molecule has 1 aliphatic heterocycles. The van der Waals surface area contributed by atoms with E-state index in [1.807, 2.05) is 11.5 Å². The Morgan fingerprint density at radius 1 is 1.41 bits per heavy atom. The summed E-state index contributed by atoms with van der Waals surface area (Å²) in [4.78, 5) is 0.188. The Balaban J connectivity index is 1.86. The third kappa shape index (κ3) is 2.34. The summed E-state index contributed by atoms with van der Waals surface area (Å²) < 4.78 is 34.0. The van der Waals surface area contributed by atoms with E-state index in [1.165, 1.54) is 4.31 Å². The fourth-order valence-corrected chi connectivity index (χ4v) is 4.74. The number of hydrogen-bond acceptors (Lipinski definition) is 6. The summed E-state index contributed by atoms with van der Waals surface area (Å²) in [5, 5.41) is 11.7. The van der Waals surface area contributed by atoms with E-state index in [9.17, 15) is 8.42 Å². The van der Waals surface area contributed by atoms with Crippen LogP contribution in [0.25, 0.3) is 0 Å². The van der Waals surface area contributed by atoms with Crippen LogP contribution >= 0.6 is 0 Å². The fourth-order valence-electron chi connectivity index (χ4n) is 2.95. The first-order chi connectivity index (χ1) is 10.4. The molecule has 0 aliphatic carbocycles. The van der Waals surface area contributed by atoms with Crippen molar-refractivity contribution in [1.29, 1.82) is 0 Å². The van der Waals surface area contributed by atoms with Crippen LogP contribution in [0.5, 0.6) is 0 Å². The molecule has 3 heterocycles. The normalized spacial score (nSPS) is 19.9. The third-order valence-corrected chi connectivity index (χ3v) is 6.16. The zero-order valence-corrected chi connectivity index (χ0v) is 13.7. The van der Waals surface area contributed by atoms with Crippen molar-refractivity contribution < 1.29 is 12.9 Å². The van der Waals surface area contributed by atoms with Gasteiger partial charge in [0.1, 0.15) is 22.7 Å². The highest BCUT2D eigenvalue weighted by molar-refractivity contribution is 7.89. The van der Waals surface area contributed by atoms with Gasteiger partial charge in [-0.15, -0.1) is 10.2 Å². The minimum absolute atomic E-state index is 0.0696. The van der Waals surface area contributed by atoms with Gasteiger partial charge in [-0.1, -0.05) is 12.1 Å². The van der Waals surface area contributed by atoms with Gasteiger partial charge in [-0.3, -0.25) is 0 Å².